The molecule has 0 spiro atoms. The van der Waals surface area contributed by atoms with Gasteiger partial charge in [-0.1, -0.05) is 50.8 Å². The Morgan fingerprint density at radius 2 is 1.62 bits per heavy atom. The Labute approximate surface area is 239 Å². The maximum Gasteiger partial charge on any atom is 0.408 e. The van der Waals surface area contributed by atoms with Crippen LogP contribution in [0.3, 0.4) is 0 Å². The highest BCUT2D eigenvalue weighted by atomic mass is 16.6. The number of carbonyl (C=O) groups is 4. The molecule has 0 bridgehead atoms. The van der Waals surface area contributed by atoms with Gasteiger partial charge in [0.15, 0.2) is 0 Å². The van der Waals surface area contributed by atoms with E-state index >= 15 is 0 Å². The van der Waals surface area contributed by atoms with E-state index in [4.69, 9.17) is 9.47 Å². The summed E-state index contributed by atoms with van der Waals surface area (Å²) >= 11 is 0. The van der Waals surface area contributed by atoms with Crippen molar-refractivity contribution in [2.45, 2.75) is 105 Å². The number of nitrogens with zero attached hydrogens (tertiary/aromatic N) is 1. The molecule has 1 rings (SSSR count). The van der Waals surface area contributed by atoms with Gasteiger partial charge in [0.05, 0.1) is 19.6 Å². The van der Waals surface area contributed by atoms with Crippen LogP contribution in [-0.4, -0.2) is 71.8 Å². The van der Waals surface area contributed by atoms with Gasteiger partial charge in [0.1, 0.15) is 17.7 Å². The normalized spacial score (nSPS) is 12.7. The van der Waals surface area contributed by atoms with Crippen molar-refractivity contribution >= 4 is 23.9 Å². The molecule has 10 heteroatoms. The second kappa shape index (κ2) is 17.5. The summed E-state index contributed by atoms with van der Waals surface area (Å²) in [5.74, 6) is -1.49. The number of amides is 3. The minimum absolute atomic E-state index is 0.0104. The molecule has 0 saturated carbocycles. The fraction of sp³-hybridized carbons (Fsp3) is 0.667. The summed E-state index contributed by atoms with van der Waals surface area (Å²) < 4.78 is 10.3. The average molecular weight is 564 g/mol. The third-order valence-electron chi connectivity index (χ3n) is 6.27. The van der Waals surface area contributed by atoms with Gasteiger partial charge in [-0.15, -0.1) is 0 Å². The molecular weight excluding hydrogens is 514 g/mol. The molecule has 226 valence electrons. The molecule has 40 heavy (non-hydrogen) atoms. The van der Waals surface area contributed by atoms with Gasteiger partial charge < -0.3 is 30.1 Å². The van der Waals surface area contributed by atoms with Crippen molar-refractivity contribution in [1.29, 1.82) is 0 Å². The number of hydrogen-bond acceptors (Lipinski definition) is 7. The van der Waals surface area contributed by atoms with E-state index in [-0.39, 0.29) is 26.1 Å². The molecule has 3 amide bonds. The Morgan fingerprint density at radius 3 is 2.17 bits per heavy atom. The molecule has 0 fully saturated rings. The molecule has 0 aliphatic rings. The monoisotopic (exact) mass is 563 g/mol. The lowest BCUT2D eigenvalue weighted by atomic mass is 9.93. The van der Waals surface area contributed by atoms with Crippen molar-refractivity contribution in [2.24, 2.45) is 0 Å². The number of alkyl carbamates (subject to hydrolysis) is 1. The largest absolute Gasteiger partial charge is 0.466 e. The van der Waals surface area contributed by atoms with E-state index in [0.717, 1.165) is 36.8 Å². The maximum atomic E-state index is 13.9. The van der Waals surface area contributed by atoms with Crippen molar-refractivity contribution < 1.29 is 33.8 Å². The highest BCUT2D eigenvalue weighted by Crippen LogP contribution is 2.29. The highest BCUT2D eigenvalue weighted by molar-refractivity contribution is 5.92. The van der Waals surface area contributed by atoms with E-state index in [0.29, 0.717) is 12.0 Å². The molecule has 0 aliphatic heterocycles. The van der Waals surface area contributed by atoms with Gasteiger partial charge in [-0.05, 0) is 64.7 Å². The van der Waals surface area contributed by atoms with Gasteiger partial charge in [-0.3, -0.25) is 14.4 Å². The van der Waals surface area contributed by atoms with Crippen LogP contribution in [-0.2, 0) is 23.9 Å². The van der Waals surface area contributed by atoms with E-state index < -0.39 is 48.2 Å². The van der Waals surface area contributed by atoms with Gasteiger partial charge in [0.25, 0.3) is 0 Å². The molecule has 0 radical (unpaired) electrons. The highest BCUT2D eigenvalue weighted by Gasteiger charge is 2.37. The van der Waals surface area contributed by atoms with E-state index in [2.05, 4.69) is 17.6 Å². The summed E-state index contributed by atoms with van der Waals surface area (Å²) in [7, 11) is 0. The summed E-state index contributed by atoms with van der Waals surface area (Å²) in [6.07, 6.45) is 3.73. The molecule has 0 heterocycles. The number of nitrogens with one attached hydrogen (secondary N) is 2. The van der Waals surface area contributed by atoms with Crippen molar-refractivity contribution in [3.63, 3.8) is 0 Å². The SMILES string of the molecule is CCCCCCCN(C(=O)C(CO)NC(=O)OC(C)(C)C)C(C(=O)NCCC(=O)OCC)c1c(C)cccc1C. The van der Waals surface area contributed by atoms with Crippen molar-refractivity contribution in [3.05, 3.63) is 34.9 Å². The number of carbonyl (C=O) groups excluding carboxylic acids is 4. The summed E-state index contributed by atoms with van der Waals surface area (Å²) in [4.78, 5) is 53.5. The zero-order valence-corrected chi connectivity index (χ0v) is 25.3. The Hall–Kier alpha value is -3.14. The third kappa shape index (κ3) is 11.9. The summed E-state index contributed by atoms with van der Waals surface area (Å²) in [6.45, 7) is 12.5. The quantitative estimate of drug-likeness (QED) is 0.204. The van der Waals surface area contributed by atoms with E-state index in [9.17, 15) is 24.3 Å². The van der Waals surface area contributed by atoms with Crippen molar-refractivity contribution in [1.82, 2.24) is 15.5 Å². The molecule has 0 aromatic heterocycles. The zero-order chi connectivity index (χ0) is 30.3. The van der Waals surface area contributed by atoms with Crippen LogP contribution in [0.4, 0.5) is 4.79 Å². The van der Waals surface area contributed by atoms with Gasteiger partial charge in [-0.25, -0.2) is 4.79 Å². The molecular formula is C30H49N3O7. The first-order valence-corrected chi connectivity index (χ1v) is 14.3. The minimum atomic E-state index is -1.32. The number of unbranched alkanes of at least 4 members (excludes halogenated alkanes) is 4. The number of benzene rings is 1. The fourth-order valence-electron chi connectivity index (χ4n) is 4.39. The maximum absolute atomic E-state index is 13.9. The lowest BCUT2D eigenvalue weighted by Gasteiger charge is -2.35. The van der Waals surface area contributed by atoms with Crippen LogP contribution < -0.4 is 10.6 Å². The first-order valence-electron chi connectivity index (χ1n) is 14.3. The van der Waals surface area contributed by atoms with E-state index in [1.54, 1.807) is 27.7 Å². The average Bonchev–Trinajstić information content (AvgIpc) is 2.86. The summed E-state index contributed by atoms with van der Waals surface area (Å²) in [5, 5.41) is 15.4. The summed E-state index contributed by atoms with van der Waals surface area (Å²) in [6, 6.07) is 3.25. The molecule has 10 nitrogen and oxygen atoms in total. The standard InChI is InChI=1S/C30H49N3O7/c1-8-10-11-12-13-19-33(28(37)23(20-34)32-29(38)40-30(5,6)7)26(25-21(3)15-14-16-22(25)4)27(36)31-18-17-24(35)39-9-2/h14-16,23,26,34H,8-13,17-20H2,1-7H3,(H,31,36)(H,32,38). The number of aliphatic hydroxyl groups excluding tert-OH is 1. The molecule has 2 unspecified atom stereocenters. The first-order chi connectivity index (χ1) is 18.9. The minimum Gasteiger partial charge on any atom is -0.466 e. The number of hydrogen-bond donors (Lipinski definition) is 3. The van der Waals surface area contributed by atoms with Gasteiger partial charge in [0.2, 0.25) is 11.8 Å². The Morgan fingerprint density at radius 1 is 1.00 bits per heavy atom. The smallest absolute Gasteiger partial charge is 0.408 e. The van der Waals surface area contributed by atoms with Crippen LogP contribution in [0.1, 0.15) is 95.9 Å². The van der Waals surface area contributed by atoms with E-state index in [1.165, 1.54) is 4.90 Å². The topological polar surface area (TPSA) is 134 Å². The molecule has 0 saturated heterocycles. The number of aliphatic hydroxyl groups is 1. The predicted octanol–water partition coefficient (Wildman–Crippen LogP) is 4.10. The van der Waals surface area contributed by atoms with Crippen LogP contribution in [0.15, 0.2) is 18.2 Å². The van der Waals surface area contributed by atoms with Crippen LogP contribution in [0.5, 0.6) is 0 Å². The van der Waals surface area contributed by atoms with Crippen LogP contribution in [0.2, 0.25) is 0 Å². The van der Waals surface area contributed by atoms with E-state index in [1.807, 2.05) is 32.0 Å². The second-order valence-corrected chi connectivity index (χ2v) is 10.9. The lowest BCUT2D eigenvalue weighted by molar-refractivity contribution is -0.144. The second-order valence-electron chi connectivity index (χ2n) is 10.9. The molecule has 2 atom stereocenters. The predicted molar refractivity (Wildman–Crippen MR) is 154 cm³/mol. The van der Waals surface area contributed by atoms with Crippen LogP contribution >= 0.6 is 0 Å². The fourth-order valence-corrected chi connectivity index (χ4v) is 4.39. The third-order valence-corrected chi connectivity index (χ3v) is 6.27. The zero-order valence-electron chi connectivity index (χ0n) is 25.3. The Bertz CT molecular complexity index is 954. The van der Waals surface area contributed by atoms with Crippen LogP contribution in [0.25, 0.3) is 0 Å². The number of esters is 1. The van der Waals surface area contributed by atoms with Crippen molar-refractivity contribution in [2.75, 3.05) is 26.3 Å². The molecule has 3 N–H and O–H groups in total. The molecule has 1 aromatic carbocycles. The number of aryl methyl sites for hydroxylation is 2. The lowest BCUT2D eigenvalue weighted by Crippen LogP contribution is -2.54. The first kappa shape index (κ1) is 34.9. The number of ether oxygens (including phenoxy) is 2. The number of rotatable bonds is 16. The van der Waals surface area contributed by atoms with Crippen molar-refractivity contribution in [3.8, 4) is 0 Å². The Balaban J connectivity index is 3.43. The molecule has 0 aliphatic carbocycles. The molecule has 1 aromatic rings. The van der Waals surface area contributed by atoms with Gasteiger partial charge in [0, 0.05) is 13.1 Å². The van der Waals surface area contributed by atoms with Gasteiger partial charge >= 0.3 is 12.1 Å². The van der Waals surface area contributed by atoms with Crippen LogP contribution in [0, 0.1) is 13.8 Å². The Kier molecular flexibility index (Phi) is 15.3. The summed E-state index contributed by atoms with van der Waals surface area (Å²) in [5.41, 5.74) is 1.49. The van der Waals surface area contributed by atoms with Gasteiger partial charge in [-0.2, -0.15) is 0 Å².